The molecule has 0 spiro atoms. The molecule has 2 aromatic rings. The van der Waals surface area contributed by atoms with Gasteiger partial charge in [-0.15, -0.1) is 23.7 Å². The third-order valence-corrected chi connectivity index (χ3v) is 3.51. The van der Waals surface area contributed by atoms with E-state index in [0.29, 0.717) is 10.9 Å². The summed E-state index contributed by atoms with van der Waals surface area (Å²) in [7, 11) is 3.57. The fourth-order valence-electron chi connectivity index (χ4n) is 1.85. The minimum Gasteiger partial charge on any atom is -0.504 e. The Morgan fingerprint density at radius 2 is 2.15 bits per heavy atom. The van der Waals surface area contributed by atoms with Crippen LogP contribution in [0.1, 0.15) is 10.4 Å². The maximum atomic E-state index is 9.55. The smallest absolute Gasteiger partial charge is 0.180 e. The van der Waals surface area contributed by atoms with Crippen molar-refractivity contribution in [3.8, 4) is 11.5 Å². The molecule has 2 rings (SSSR count). The summed E-state index contributed by atoms with van der Waals surface area (Å²) in [5.74, 6) is 0.650. The lowest BCUT2D eigenvalue weighted by Gasteiger charge is -2.16. The highest BCUT2D eigenvalue weighted by molar-refractivity contribution is 7.15. The van der Waals surface area contributed by atoms with Crippen molar-refractivity contribution >= 4 is 28.9 Å². The highest BCUT2D eigenvalue weighted by atomic mass is 35.5. The van der Waals surface area contributed by atoms with E-state index in [0.717, 1.165) is 23.5 Å². The second-order valence-electron chi connectivity index (χ2n) is 4.34. The lowest BCUT2D eigenvalue weighted by atomic mass is 10.2. The van der Waals surface area contributed by atoms with Gasteiger partial charge in [0.15, 0.2) is 16.6 Å². The van der Waals surface area contributed by atoms with E-state index < -0.39 is 0 Å². The number of aromatic hydroxyl groups is 1. The van der Waals surface area contributed by atoms with Crippen LogP contribution in [-0.2, 0) is 13.1 Å². The van der Waals surface area contributed by atoms with E-state index in [1.807, 2.05) is 19.2 Å². The number of nitrogens with zero attached hydrogens (tertiary/aromatic N) is 2. The number of methoxy groups -OCH3 is 1. The van der Waals surface area contributed by atoms with Gasteiger partial charge in [0.1, 0.15) is 0 Å². The minimum atomic E-state index is 0. The minimum absolute atomic E-state index is 0. The topological polar surface area (TPSA) is 71.6 Å². The normalized spacial score (nSPS) is 10.3. The molecule has 1 heterocycles. The Balaban J connectivity index is 0.00000200. The monoisotopic (exact) mass is 315 g/mol. The van der Waals surface area contributed by atoms with Crippen LogP contribution in [0.25, 0.3) is 0 Å². The molecule has 0 atom stereocenters. The number of rotatable bonds is 5. The number of thiazole rings is 1. The first-order chi connectivity index (χ1) is 9.08. The van der Waals surface area contributed by atoms with Gasteiger partial charge in [0.2, 0.25) is 0 Å². The largest absolute Gasteiger partial charge is 0.504 e. The molecule has 0 radical (unpaired) electrons. The highest BCUT2D eigenvalue weighted by Crippen LogP contribution is 2.27. The number of halogens is 1. The van der Waals surface area contributed by atoms with Crippen LogP contribution in [0.4, 0.5) is 5.13 Å². The van der Waals surface area contributed by atoms with Gasteiger partial charge in [0.25, 0.3) is 0 Å². The van der Waals surface area contributed by atoms with Crippen molar-refractivity contribution in [1.29, 1.82) is 0 Å². The maximum Gasteiger partial charge on any atom is 0.180 e. The van der Waals surface area contributed by atoms with Crippen molar-refractivity contribution in [2.24, 2.45) is 0 Å². The van der Waals surface area contributed by atoms with Crippen LogP contribution in [-0.4, -0.2) is 29.1 Å². The summed E-state index contributed by atoms with van der Waals surface area (Å²) in [4.78, 5) is 7.31. The summed E-state index contributed by atoms with van der Waals surface area (Å²) in [6.07, 6.45) is 1.80. The Bertz CT molecular complexity index is 562. The van der Waals surface area contributed by atoms with E-state index in [1.54, 1.807) is 19.4 Å². The number of aromatic nitrogens is 1. The van der Waals surface area contributed by atoms with Crippen LogP contribution < -0.4 is 10.5 Å². The number of ether oxygens (including phenoxy) is 1. The molecule has 0 aliphatic carbocycles. The number of benzene rings is 1. The second-order valence-corrected chi connectivity index (χ2v) is 5.49. The molecule has 20 heavy (non-hydrogen) atoms. The first kappa shape index (κ1) is 16.6. The van der Waals surface area contributed by atoms with E-state index >= 15 is 0 Å². The highest BCUT2D eigenvalue weighted by Gasteiger charge is 2.07. The Morgan fingerprint density at radius 3 is 2.75 bits per heavy atom. The molecule has 0 saturated carbocycles. The van der Waals surface area contributed by atoms with E-state index in [-0.39, 0.29) is 18.2 Å². The van der Waals surface area contributed by atoms with Crippen molar-refractivity contribution in [1.82, 2.24) is 9.88 Å². The summed E-state index contributed by atoms with van der Waals surface area (Å²) in [5.41, 5.74) is 6.68. The standard InChI is InChI=1S/C13H17N3O2S.ClH/c1-16(8-10-6-15-13(14)19-10)7-9-3-4-11(17)12(5-9)18-2;/h3-6,17H,7-8H2,1-2H3,(H2,14,15);1H. The number of phenolic OH excluding ortho intramolecular Hbond substituents is 1. The molecule has 0 aliphatic heterocycles. The van der Waals surface area contributed by atoms with Gasteiger partial charge in [0, 0.05) is 24.2 Å². The summed E-state index contributed by atoms with van der Waals surface area (Å²) in [6.45, 7) is 1.55. The Kier molecular flexibility index (Phi) is 6.06. The summed E-state index contributed by atoms with van der Waals surface area (Å²) in [6, 6.07) is 5.37. The lowest BCUT2D eigenvalue weighted by Crippen LogP contribution is -2.16. The summed E-state index contributed by atoms with van der Waals surface area (Å²) in [5, 5.41) is 10.1. The predicted molar refractivity (Wildman–Crippen MR) is 83.6 cm³/mol. The molecule has 0 bridgehead atoms. The summed E-state index contributed by atoms with van der Waals surface area (Å²) < 4.78 is 5.10. The average molecular weight is 316 g/mol. The van der Waals surface area contributed by atoms with Gasteiger partial charge in [-0.3, -0.25) is 4.90 Å². The van der Waals surface area contributed by atoms with Crippen LogP contribution >= 0.6 is 23.7 Å². The fraction of sp³-hybridized carbons (Fsp3) is 0.308. The van der Waals surface area contributed by atoms with E-state index in [4.69, 9.17) is 10.5 Å². The van der Waals surface area contributed by atoms with Crippen LogP contribution in [0, 0.1) is 0 Å². The second kappa shape index (κ2) is 7.33. The molecule has 0 unspecified atom stereocenters. The summed E-state index contributed by atoms with van der Waals surface area (Å²) >= 11 is 1.50. The Labute approximate surface area is 128 Å². The molecule has 3 N–H and O–H groups in total. The number of hydrogen-bond acceptors (Lipinski definition) is 6. The van der Waals surface area contributed by atoms with Crippen molar-refractivity contribution in [3.63, 3.8) is 0 Å². The van der Waals surface area contributed by atoms with Crippen LogP contribution in [0.3, 0.4) is 0 Å². The molecule has 1 aromatic heterocycles. The number of nitrogens with two attached hydrogens (primary N) is 1. The van der Waals surface area contributed by atoms with Gasteiger partial charge >= 0.3 is 0 Å². The number of hydrogen-bond donors (Lipinski definition) is 2. The van der Waals surface area contributed by atoms with Crippen LogP contribution in [0.2, 0.25) is 0 Å². The van der Waals surface area contributed by atoms with Crippen molar-refractivity contribution in [2.45, 2.75) is 13.1 Å². The molecule has 0 saturated heterocycles. The molecule has 110 valence electrons. The zero-order valence-corrected chi connectivity index (χ0v) is 13.0. The third kappa shape index (κ3) is 4.26. The molecule has 5 nitrogen and oxygen atoms in total. The lowest BCUT2D eigenvalue weighted by molar-refractivity contribution is 0.319. The van der Waals surface area contributed by atoms with Crippen molar-refractivity contribution < 1.29 is 9.84 Å². The molecule has 7 heteroatoms. The predicted octanol–water partition coefficient (Wildman–Crippen LogP) is 2.49. The number of phenols is 1. The van der Waals surface area contributed by atoms with Gasteiger partial charge in [-0.25, -0.2) is 4.98 Å². The first-order valence-corrected chi connectivity index (χ1v) is 6.64. The first-order valence-electron chi connectivity index (χ1n) is 5.83. The average Bonchev–Trinajstić information content (AvgIpc) is 2.77. The third-order valence-electron chi connectivity index (χ3n) is 2.69. The molecule has 0 amide bonds. The Morgan fingerprint density at radius 1 is 1.40 bits per heavy atom. The quantitative estimate of drug-likeness (QED) is 0.887. The number of anilines is 1. The van der Waals surface area contributed by atoms with E-state index in [9.17, 15) is 5.11 Å². The maximum absolute atomic E-state index is 9.55. The molecular weight excluding hydrogens is 298 g/mol. The van der Waals surface area contributed by atoms with E-state index in [2.05, 4.69) is 9.88 Å². The van der Waals surface area contributed by atoms with Crippen molar-refractivity contribution in [2.75, 3.05) is 19.9 Å². The Hall–Kier alpha value is -1.50. The molecule has 1 aromatic carbocycles. The van der Waals surface area contributed by atoms with Gasteiger partial charge in [0.05, 0.1) is 7.11 Å². The number of nitrogen functional groups attached to an aromatic ring is 1. The van der Waals surface area contributed by atoms with Gasteiger partial charge in [-0.1, -0.05) is 6.07 Å². The fourth-order valence-corrected chi connectivity index (χ4v) is 2.61. The SMILES string of the molecule is COc1cc(CN(C)Cc2cnc(N)s2)ccc1O.Cl. The molecule has 0 fully saturated rings. The van der Waals surface area contributed by atoms with Crippen molar-refractivity contribution in [3.05, 3.63) is 34.8 Å². The van der Waals surface area contributed by atoms with Gasteiger partial charge < -0.3 is 15.6 Å². The van der Waals surface area contributed by atoms with Gasteiger partial charge in [-0.05, 0) is 24.7 Å². The molecule has 0 aliphatic rings. The molecular formula is C13H18ClN3O2S. The van der Waals surface area contributed by atoms with Gasteiger partial charge in [-0.2, -0.15) is 0 Å². The van der Waals surface area contributed by atoms with E-state index in [1.165, 1.54) is 11.3 Å². The zero-order chi connectivity index (χ0) is 13.8. The van der Waals surface area contributed by atoms with Crippen LogP contribution in [0.5, 0.6) is 11.5 Å². The zero-order valence-electron chi connectivity index (χ0n) is 11.4. The van der Waals surface area contributed by atoms with Crippen LogP contribution in [0.15, 0.2) is 24.4 Å².